The molecule has 2 N–H and O–H groups in total. The Morgan fingerprint density at radius 3 is 2.67 bits per heavy atom. The molecule has 3 nitrogen and oxygen atoms in total. The summed E-state index contributed by atoms with van der Waals surface area (Å²) in [5, 5.41) is 0. The topological polar surface area (TPSA) is 41.6 Å². The lowest BCUT2D eigenvalue weighted by molar-refractivity contribution is 0.458. The Balaban J connectivity index is 2.03. The monoisotopic (exact) mass is 245 g/mol. The fraction of sp³-hybridized carbons (Fsp3) is 0.533. The van der Waals surface area contributed by atoms with Gasteiger partial charge in [-0.3, -0.25) is 0 Å². The van der Waals surface area contributed by atoms with E-state index >= 15 is 0 Å². The van der Waals surface area contributed by atoms with Gasteiger partial charge in [0.05, 0.1) is 6.54 Å². The lowest BCUT2D eigenvalue weighted by atomic mass is 10.1. The molecule has 0 saturated carbocycles. The first-order valence-electron chi connectivity index (χ1n) is 6.90. The zero-order chi connectivity index (χ0) is 13.0. The molecule has 0 heterocycles. The minimum absolute atomic E-state index is 0.653. The van der Waals surface area contributed by atoms with Crippen LogP contribution >= 0.6 is 0 Å². The Labute approximate surface area is 110 Å². The van der Waals surface area contributed by atoms with E-state index in [1.165, 1.54) is 36.0 Å². The van der Waals surface area contributed by atoms with Crippen LogP contribution in [-0.2, 0) is 19.4 Å². The van der Waals surface area contributed by atoms with Gasteiger partial charge in [-0.2, -0.15) is 0 Å². The molecule has 0 aliphatic heterocycles. The smallest absolute Gasteiger partial charge is 0.191 e. The molecule has 0 bridgehead atoms. The van der Waals surface area contributed by atoms with Crippen molar-refractivity contribution >= 4 is 5.96 Å². The van der Waals surface area contributed by atoms with Crippen molar-refractivity contribution < 1.29 is 0 Å². The van der Waals surface area contributed by atoms with Crippen LogP contribution in [0.3, 0.4) is 0 Å². The maximum absolute atomic E-state index is 5.98. The second-order valence-corrected chi connectivity index (χ2v) is 4.80. The highest BCUT2D eigenvalue weighted by Gasteiger charge is 2.10. The fourth-order valence-electron chi connectivity index (χ4n) is 2.54. The molecule has 1 aliphatic carbocycles. The average molecular weight is 245 g/mol. The number of fused-ring (bicyclic) bond motifs is 1. The molecule has 0 atom stereocenters. The van der Waals surface area contributed by atoms with Gasteiger partial charge in [0.2, 0.25) is 0 Å². The van der Waals surface area contributed by atoms with E-state index in [1.54, 1.807) is 0 Å². The van der Waals surface area contributed by atoms with Crippen molar-refractivity contribution in [2.24, 2.45) is 10.7 Å². The largest absolute Gasteiger partial charge is 0.370 e. The molecule has 98 valence electrons. The fourth-order valence-corrected chi connectivity index (χ4v) is 2.54. The SMILES string of the molecule is CCN(CC)C(N)=NCc1ccc2c(c1)CCC2. The first-order chi connectivity index (χ1) is 8.74. The maximum Gasteiger partial charge on any atom is 0.191 e. The van der Waals surface area contributed by atoms with Crippen LogP contribution in [0.1, 0.15) is 37.0 Å². The zero-order valence-electron chi connectivity index (χ0n) is 11.4. The van der Waals surface area contributed by atoms with Crippen molar-refractivity contribution in [3.63, 3.8) is 0 Å². The standard InChI is InChI=1S/C15H23N3/c1-3-18(4-2)15(16)17-11-12-8-9-13-6-5-7-14(13)10-12/h8-10H,3-7,11H2,1-2H3,(H2,16,17). The summed E-state index contributed by atoms with van der Waals surface area (Å²) in [5.74, 6) is 0.653. The quantitative estimate of drug-likeness (QED) is 0.653. The Morgan fingerprint density at radius 2 is 1.94 bits per heavy atom. The second-order valence-electron chi connectivity index (χ2n) is 4.80. The van der Waals surface area contributed by atoms with E-state index in [2.05, 4.69) is 41.9 Å². The predicted molar refractivity (Wildman–Crippen MR) is 76.7 cm³/mol. The van der Waals surface area contributed by atoms with Gasteiger partial charge in [0.25, 0.3) is 0 Å². The van der Waals surface area contributed by atoms with Crippen LogP contribution in [0.2, 0.25) is 0 Å². The summed E-state index contributed by atoms with van der Waals surface area (Å²) in [6.07, 6.45) is 3.75. The molecule has 0 spiro atoms. The number of hydrogen-bond acceptors (Lipinski definition) is 1. The zero-order valence-corrected chi connectivity index (χ0v) is 11.4. The van der Waals surface area contributed by atoms with Gasteiger partial charge in [-0.05, 0) is 49.8 Å². The molecule has 0 unspecified atom stereocenters. The highest BCUT2D eigenvalue weighted by molar-refractivity contribution is 5.78. The van der Waals surface area contributed by atoms with Crippen molar-refractivity contribution in [3.8, 4) is 0 Å². The first kappa shape index (κ1) is 12.9. The molecule has 0 radical (unpaired) electrons. The van der Waals surface area contributed by atoms with E-state index in [-0.39, 0.29) is 0 Å². The third-order valence-corrected chi connectivity index (χ3v) is 3.67. The van der Waals surface area contributed by atoms with Crippen LogP contribution < -0.4 is 5.73 Å². The van der Waals surface area contributed by atoms with Gasteiger partial charge >= 0.3 is 0 Å². The summed E-state index contributed by atoms with van der Waals surface area (Å²) < 4.78 is 0. The molecule has 0 aromatic heterocycles. The lowest BCUT2D eigenvalue weighted by Crippen LogP contribution is -2.37. The molecule has 18 heavy (non-hydrogen) atoms. The highest BCUT2D eigenvalue weighted by atomic mass is 15.2. The summed E-state index contributed by atoms with van der Waals surface area (Å²) in [4.78, 5) is 6.56. The van der Waals surface area contributed by atoms with Crippen molar-refractivity contribution in [2.45, 2.75) is 39.7 Å². The summed E-state index contributed by atoms with van der Waals surface area (Å²) in [6.45, 7) is 6.71. The third-order valence-electron chi connectivity index (χ3n) is 3.67. The van der Waals surface area contributed by atoms with Crippen LogP contribution in [0.15, 0.2) is 23.2 Å². The summed E-state index contributed by atoms with van der Waals surface area (Å²) >= 11 is 0. The van der Waals surface area contributed by atoms with Crippen LogP contribution in [0.4, 0.5) is 0 Å². The predicted octanol–water partition coefficient (Wildman–Crippen LogP) is 2.33. The molecule has 0 fully saturated rings. The summed E-state index contributed by atoms with van der Waals surface area (Å²) in [7, 11) is 0. The average Bonchev–Trinajstić information content (AvgIpc) is 2.85. The molecular weight excluding hydrogens is 222 g/mol. The second kappa shape index (κ2) is 5.89. The summed E-state index contributed by atoms with van der Waals surface area (Å²) in [5.41, 5.74) is 10.3. The van der Waals surface area contributed by atoms with Crippen LogP contribution in [0.5, 0.6) is 0 Å². The Morgan fingerprint density at radius 1 is 1.22 bits per heavy atom. The molecule has 2 rings (SSSR count). The van der Waals surface area contributed by atoms with Crippen LogP contribution in [0.25, 0.3) is 0 Å². The van der Waals surface area contributed by atoms with Gasteiger partial charge in [-0.1, -0.05) is 18.2 Å². The Hall–Kier alpha value is -1.51. The maximum atomic E-state index is 5.98. The Bertz CT molecular complexity index is 433. The van der Waals surface area contributed by atoms with E-state index in [0.717, 1.165) is 13.1 Å². The van der Waals surface area contributed by atoms with Crippen molar-refractivity contribution in [1.29, 1.82) is 0 Å². The van der Waals surface area contributed by atoms with Crippen molar-refractivity contribution in [2.75, 3.05) is 13.1 Å². The molecule has 1 aromatic rings. The summed E-state index contributed by atoms with van der Waals surface area (Å²) in [6, 6.07) is 6.73. The minimum Gasteiger partial charge on any atom is -0.370 e. The molecule has 0 saturated heterocycles. The molecular formula is C15H23N3. The van der Waals surface area contributed by atoms with Crippen LogP contribution in [0, 0.1) is 0 Å². The number of aryl methyl sites for hydroxylation is 2. The number of hydrogen-bond donors (Lipinski definition) is 1. The van der Waals surface area contributed by atoms with Crippen molar-refractivity contribution in [1.82, 2.24) is 4.90 Å². The van der Waals surface area contributed by atoms with E-state index in [9.17, 15) is 0 Å². The van der Waals surface area contributed by atoms with E-state index in [4.69, 9.17) is 5.73 Å². The van der Waals surface area contributed by atoms with E-state index in [1.807, 2.05) is 0 Å². The normalized spacial score (nSPS) is 14.7. The van der Waals surface area contributed by atoms with Gasteiger partial charge in [0.15, 0.2) is 5.96 Å². The molecule has 1 aromatic carbocycles. The number of aliphatic imine (C=N–C) groups is 1. The third kappa shape index (κ3) is 2.84. The van der Waals surface area contributed by atoms with Crippen molar-refractivity contribution in [3.05, 3.63) is 34.9 Å². The van der Waals surface area contributed by atoms with E-state index < -0.39 is 0 Å². The minimum atomic E-state index is 0.653. The van der Waals surface area contributed by atoms with Gasteiger partial charge in [0.1, 0.15) is 0 Å². The highest BCUT2D eigenvalue weighted by Crippen LogP contribution is 2.23. The lowest BCUT2D eigenvalue weighted by Gasteiger charge is -2.19. The number of nitrogens with zero attached hydrogens (tertiary/aromatic N) is 2. The number of guanidine groups is 1. The van der Waals surface area contributed by atoms with E-state index in [0.29, 0.717) is 12.5 Å². The van der Waals surface area contributed by atoms with Gasteiger partial charge in [-0.25, -0.2) is 4.99 Å². The molecule has 3 heteroatoms. The first-order valence-corrected chi connectivity index (χ1v) is 6.90. The van der Waals surface area contributed by atoms with Gasteiger partial charge in [0, 0.05) is 13.1 Å². The molecule has 1 aliphatic rings. The molecule has 0 amide bonds. The van der Waals surface area contributed by atoms with Crippen LogP contribution in [-0.4, -0.2) is 23.9 Å². The van der Waals surface area contributed by atoms with Gasteiger partial charge < -0.3 is 10.6 Å². The number of nitrogens with two attached hydrogens (primary N) is 1. The Kier molecular flexibility index (Phi) is 4.24. The van der Waals surface area contributed by atoms with Gasteiger partial charge in [-0.15, -0.1) is 0 Å². The number of benzene rings is 1. The number of rotatable bonds is 4.